The Kier molecular flexibility index (Phi) is 7.36. The Morgan fingerprint density at radius 2 is 1.83 bits per heavy atom. The summed E-state index contributed by atoms with van der Waals surface area (Å²) in [5.41, 5.74) is 1.37. The molecule has 3 heterocycles. The minimum Gasteiger partial charge on any atom is -0.342 e. The van der Waals surface area contributed by atoms with Crippen molar-refractivity contribution in [3.63, 3.8) is 0 Å². The monoisotopic (exact) mass is 491 g/mol. The highest BCUT2D eigenvalue weighted by molar-refractivity contribution is 5.92. The Labute approximate surface area is 209 Å². The second-order valence-corrected chi connectivity index (χ2v) is 9.55. The van der Waals surface area contributed by atoms with Crippen LogP contribution in [0.25, 0.3) is 11.4 Å². The van der Waals surface area contributed by atoms with Crippen LogP contribution in [0, 0.1) is 11.7 Å². The molecule has 2 aliphatic heterocycles. The van der Waals surface area contributed by atoms with Gasteiger partial charge in [0.15, 0.2) is 0 Å². The molecular formula is C27H30FN5O3. The molecule has 5 rings (SSSR count). The minimum absolute atomic E-state index is 0.0179. The molecule has 2 fully saturated rings. The maximum atomic E-state index is 13.5. The van der Waals surface area contributed by atoms with Crippen LogP contribution in [0.2, 0.25) is 0 Å². The second-order valence-electron chi connectivity index (χ2n) is 9.55. The molecule has 0 radical (unpaired) electrons. The van der Waals surface area contributed by atoms with Gasteiger partial charge in [-0.3, -0.25) is 14.5 Å². The molecule has 36 heavy (non-hydrogen) atoms. The first-order valence-corrected chi connectivity index (χ1v) is 12.5. The van der Waals surface area contributed by atoms with E-state index in [1.807, 2.05) is 35.2 Å². The van der Waals surface area contributed by atoms with Gasteiger partial charge in [0, 0.05) is 36.8 Å². The Hall–Kier alpha value is -3.59. The lowest BCUT2D eigenvalue weighted by atomic mass is 9.95. The van der Waals surface area contributed by atoms with Crippen molar-refractivity contribution >= 4 is 17.5 Å². The van der Waals surface area contributed by atoms with Gasteiger partial charge in [0.25, 0.3) is 0 Å². The van der Waals surface area contributed by atoms with Gasteiger partial charge in [0.1, 0.15) is 5.82 Å². The third kappa shape index (κ3) is 5.79. The average molecular weight is 492 g/mol. The number of nitrogens with one attached hydrogen (secondary N) is 1. The number of para-hydroxylation sites is 1. The maximum absolute atomic E-state index is 13.5. The van der Waals surface area contributed by atoms with Gasteiger partial charge in [-0.1, -0.05) is 35.5 Å². The standard InChI is InChI=1S/C27H30FN5O3/c28-22-8-4-6-20(16-22)25-30-27(36-31-25)21-7-5-13-32(17-21)18-24(34)33-14-11-19(12-15-33)26(35)29-23-9-2-1-3-10-23/h1-4,6,8-10,16,19,21H,5,7,11-15,17-18H2,(H,29,35). The van der Waals surface area contributed by atoms with Gasteiger partial charge in [0.2, 0.25) is 23.5 Å². The van der Waals surface area contributed by atoms with Crippen LogP contribution < -0.4 is 5.32 Å². The van der Waals surface area contributed by atoms with Gasteiger partial charge in [-0.25, -0.2) is 4.39 Å². The number of carbonyl (C=O) groups excluding carboxylic acids is 2. The molecule has 1 aromatic heterocycles. The smallest absolute Gasteiger partial charge is 0.236 e. The van der Waals surface area contributed by atoms with Crippen molar-refractivity contribution in [2.75, 3.05) is 38.0 Å². The number of rotatable bonds is 6. The largest absolute Gasteiger partial charge is 0.342 e. The molecule has 2 aromatic carbocycles. The summed E-state index contributed by atoms with van der Waals surface area (Å²) in [5.74, 6) is 0.607. The van der Waals surface area contributed by atoms with Crippen LogP contribution >= 0.6 is 0 Å². The summed E-state index contributed by atoms with van der Waals surface area (Å²) in [4.78, 5) is 34.1. The first-order chi connectivity index (χ1) is 17.5. The quantitative estimate of drug-likeness (QED) is 0.562. The zero-order chi connectivity index (χ0) is 24.9. The summed E-state index contributed by atoms with van der Waals surface area (Å²) >= 11 is 0. The molecule has 2 saturated heterocycles. The number of hydrogen-bond acceptors (Lipinski definition) is 6. The van der Waals surface area contributed by atoms with E-state index in [2.05, 4.69) is 20.4 Å². The molecule has 0 aliphatic carbocycles. The van der Waals surface area contributed by atoms with Crippen LogP contribution in [-0.2, 0) is 9.59 Å². The van der Waals surface area contributed by atoms with Crippen molar-refractivity contribution in [3.05, 3.63) is 66.3 Å². The number of nitrogens with zero attached hydrogens (tertiary/aromatic N) is 4. The maximum Gasteiger partial charge on any atom is 0.236 e. The van der Waals surface area contributed by atoms with Crippen LogP contribution in [0.3, 0.4) is 0 Å². The van der Waals surface area contributed by atoms with Gasteiger partial charge >= 0.3 is 0 Å². The van der Waals surface area contributed by atoms with Crippen molar-refractivity contribution in [1.29, 1.82) is 0 Å². The molecule has 0 saturated carbocycles. The number of aromatic nitrogens is 2. The summed E-state index contributed by atoms with van der Waals surface area (Å²) in [5, 5.41) is 7.00. The lowest BCUT2D eigenvalue weighted by Gasteiger charge is -2.35. The topological polar surface area (TPSA) is 91.6 Å². The summed E-state index contributed by atoms with van der Waals surface area (Å²) < 4.78 is 19.0. The third-order valence-electron chi connectivity index (χ3n) is 7.00. The summed E-state index contributed by atoms with van der Waals surface area (Å²) in [7, 11) is 0. The number of benzene rings is 2. The predicted octanol–water partition coefficient (Wildman–Crippen LogP) is 3.93. The van der Waals surface area contributed by atoms with Crippen LogP contribution in [0.5, 0.6) is 0 Å². The normalized spacial score (nSPS) is 19.2. The fourth-order valence-electron chi connectivity index (χ4n) is 4.99. The van der Waals surface area contributed by atoms with E-state index < -0.39 is 0 Å². The van der Waals surface area contributed by atoms with Crippen LogP contribution in [0.15, 0.2) is 59.1 Å². The molecule has 1 N–H and O–H groups in total. The van der Waals surface area contributed by atoms with Gasteiger partial charge in [0.05, 0.1) is 12.5 Å². The molecule has 8 nitrogen and oxygen atoms in total. The summed E-state index contributed by atoms with van der Waals surface area (Å²) in [6.07, 6.45) is 3.16. The molecule has 0 spiro atoms. The molecular weight excluding hydrogens is 461 g/mol. The zero-order valence-electron chi connectivity index (χ0n) is 20.1. The highest BCUT2D eigenvalue weighted by atomic mass is 19.1. The van der Waals surface area contributed by atoms with Crippen molar-refractivity contribution < 1.29 is 18.5 Å². The Morgan fingerprint density at radius 1 is 1.03 bits per heavy atom. The van der Waals surface area contributed by atoms with Gasteiger partial charge in [-0.05, 0) is 56.5 Å². The number of halogens is 1. The molecule has 3 aromatic rings. The van der Waals surface area contributed by atoms with Crippen LogP contribution in [-0.4, -0.2) is 64.5 Å². The fraction of sp³-hybridized carbons (Fsp3) is 0.407. The first-order valence-electron chi connectivity index (χ1n) is 12.5. The lowest BCUT2D eigenvalue weighted by Crippen LogP contribution is -2.47. The second kappa shape index (κ2) is 11.0. The van der Waals surface area contributed by atoms with E-state index in [0.29, 0.717) is 56.3 Å². The van der Waals surface area contributed by atoms with Gasteiger partial charge in [-0.15, -0.1) is 0 Å². The fourth-order valence-corrected chi connectivity index (χ4v) is 4.99. The van der Waals surface area contributed by atoms with E-state index in [9.17, 15) is 14.0 Å². The highest BCUT2D eigenvalue weighted by Gasteiger charge is 2.31. The number of hydrogen-bond donors (Lipinski definition) is 1. The zero-order valence-corrected chi connectivity index (χ0v) is 20.1. The van der Waals surface area contributed by atoms with Gasteiger partial charge in [-0.2, -0.15) is 4.98 Å². The van der Waals surface area contributed by atoms with E-state index in [1.165, 1.54) is 12.1 Å². The Bertz CT molecular complexity index is 1190. The van der Waals surface area contributed by atoms with Gasteiger partial charge < -0.3 is 14.7 Å². The van der Waals surface area contributed by atoms with E-state index in [-0.39, 0.29) is 29.5 Å². The number of carbonyl (C=O) groups is 2. The molecule has 9 heteroatoms. The number of piperidine rings is 2. The number of anilines is 1. The molecule has 0 bridgehead atoms. The Balaban J connectivity index is 1.11. The number of likely N-dealkylation sites (tertiary alicyclic amines) is 2. The van der Waals surface area contributed by atoms with E-state index in [0.717, 1.165) is 25.1 Å². The SMILES string of the molecule is O=C(Nc1ccccc1)C1CCN(C(=O)CN2CCCC(c3nc(-c4cccc(F)c4)no3)C2)CC1. The predicted molar refractivity (Wildman–Crippen MR) is 132 cm³/mol. The van der Waals surface area contributed by atoms with E-state index >= 15 is 0 Å². The lowest BCUT2D eigenvalue weighted by molar-refractivity contribution is -0.135. The molecule has 1 unspecified atom stereocenters. The molecule has 1 atom stereocenters. The van der Waals surface area contributed by atoms with E-state index in [1.54, 1.807) is 12.1 Å². The third-order valence-corrected chi connectivity index (χ3v) is 7.00. The van der Waals surface area contributed by atoms with Crippen molar-refractivity contribution in [2.24, 2.45) is 5.92 Å². The molecule has 2 aliphatic rings. The first kappa shape index (κ1) is 24.1. The van der Waals surface area contributed by atoms with Crippen molar-refractivity contribution in [2.45, 2.75) is 31.6 Å². The summed E-state index contributed by atoms with van der Waals surface area (Å²) in [6.45, 7) is 3.01. The van der Waals surface area contributed by atoms with Crippen LogP contribution in [0.4, 0.5) is 10.1 Å². The molecule has 2 amide bonds. The van der Waals surface area contributed by atoms with Crippen molar-refractivity contribution in [1.82, 2.24) is 19.9 Å². The Morgan fingerprint density at radius 3 is 2.61 bits per heavy atom. The van der Waals surface area contributed by atoms with Crippen molar-refractivity contribution in [3.8, 4) is 11.4 Å². The summed E-state index contributed by atoms with van der Waals surface area (Å²) in [6, 6.07) is 15.6. The minimum atomic E-state index is -0.345. The number of amides is 2. The van der Waals surface area contributed by atoms with E-state index in [4.69, 9.17) is 4.52 Å². The molecule has 188 valence electrons. The van der Waals surface area contributed by atoms with Crippen LogP contribution in [0.1, 0.15) is 37.5 Å². The average Bonchev–Trinajstić information content (AvgIpc) is 3.40. The highest BCUT2D eigenvalue weighted by Crippen LogP contribution is 2.28.